The molecule has 0 aliphatic carbocycles. The largest absolute Gasteiger partial charge is 0.339 e. The van der Waals surface area contributed by atoms with Crippen molar-refractivity contribution in [1.29, 1.82) is 0 Å². The molecule has 0 radical (unpaired) electrons. The highest BCUT2D eigenvalue weighted by molar-refractivity contribution is 5.93. The van der Waals surface area contributed by atoms with Gasteiger partial charge in [0.2, 0.25) is 0 Å². The van der Waals surface area contributed by atoms with Gasteiger partial charge in [0.05, 0.1) is 6.04 Å². The molecule has 0 aliphatic heterocycles. The molecular weight excluding hydrogens is 342 g/mol. The maximum absolute atomic E-state index is 11.9. The van der Waals surface area contributed by atoms with Gasteiger partial charge in [-0.2, -0.15) is 0 Å². The third-order valence-corrected chi connectivity index (χ3v) is 5.25. The molecule has 1 unspecified atom stereocenters. The van der Waals surface area contributed by atoms with Crippen LogP contribution in [0.15, 0.2) is 30.3 Å². The van der Waals surface area contributed by atoms with Gasteiger partial charge in [-0.25, -0.2) is 0 Å². The van der Waals surface area contributed by atoms with E-state index in [-0.39, 0.29) is 11.9 Å². The molecule has 0 aromatic heterocycles. The van der Waals surface area contributed by atoms with E-state index in [4.69, 9.17) is 0 Å². The van der Waals surface area contributed by atoms with E-state index >= 15 is 0 Å². The summed E-state index contributed by atoms with van der Waals surface area (Å²) in [7, 11) is 0. The van der Waals surface area contributed by atoms with E-state index in [1.54, 1.807) is 0 Å². The first-order valence-electron chi connectivity index (χ1n) is 11.6. The van der Waals surface area contributed by atoms with Gasteiger partial charge in [-0.15, -0.1) is 0 Å². The summed E-state index contributed by atoms with van der Waals surface area (Å²) in [6, 6.07) is 9.99. The summed E-state index contributed by atoms with van der Waals surface area (Å²) < 4.78 is 0. The van der Waals surface area contributed by atoms with Gasteiger partial charge in [-0.05, 0) is 24.8 Å². The van der Waals surface area contributed by atoms with E-state index in [9.17, 15) is 4.79 Å². The number of nitrogens with one attached hydrogen (secondary N) is 1. The van der Waals surface area contributed by atoms with Crippen molar-refractivity contribution in [3.63, 3.8) is 0 Å². The zero-order valence-electron chi connectivity index (χ0n) is 18.3. The Morgan fingerprint density at radius 1 is 0.821 bits per heavy atom. The molecule has 28 heavy (non-hydrogen) atoms. The number of carbonyl (C=O) groups is 1. The molecule has 2 nitrogen and oxygen atoms in total. The maximum Gasteiger partial charge on any atom is 0.296 e. The Kier molecular flexibility index (Phi) is 15.1. The average molecular weight is 384 g/mol. The van der Waals surface area contributed by atoms with Gasteiger partial charge < -0.3 is 5.32 Å². The number of hydrogen-bond donors (Lipinski definition) is 1. The van der Waals surface area contributed by atoms with Crippen LogP contribution in [0.25, 0.3) is 0 Å². The first kappa shape index (κ1) is 24.3. The molecule has 0 fully saturated rings. The topological polar surface area (TPSA) is 29.1 Å². The lowest BCUT2D eigenvalue weighted by Gasteiger charge is -2.11. The fraction of sp³-hybridized carbons (Fsp3) is 0.654. The number of unbranched alkanes of at least 4 members (excludes halogenated alkanes) is 13. The van der Waals surface area contributed by atoms with Crippen LogP contribution in [-0.2, 0) is 4.79 Å². The first-order chi connectivity index (χ1) is 13.7. The van der Waals surface area contributed by atoms with E-state index in [2.05, 4.69) is 24.1 Å². The highest BCUT2D eigenvalue weighted by atomic mass is 16.1. The highest BCUT2D eigenvalue weighted by Gasteiger charge is 2.06. The third-order valence-electron chi connectivity index (χ3n) is 5.25. The van der Waals surface area contributed by atoms with Crippen LogP contribution in [0, 0.1) is 11.8 Å². The van der Waals surface area contributed by atoms with E-state index in [0.717, 1.165) is 18.4 Å². The summed E-state index contributed by atoms with van der Waals surface area (Å²) in [4.78, 5) is 11.9. The minimum Gasteiger partial charge on any atom is -0.339 e. The van der Waals surface area contributed by atoms with Crippen molar-refractivity contribution in [2.45, 2.75) is 110 Å². The van der Waals surface area contributed by atoms with Gasteiger partial charge in [0.15, 0.2) is 0 Å². The summed E-state index contributed by atoms with van der Waals surface area (Å²) in [6.45, 7) is 4.26. The van der Waals surface area contributed by atoms with Crippen molar-refractivity contribution in [3.8, 4) is 11.8 Å². The van der Waals surface area contributed by atoms with Crippen molar-refractivity contribution in [3.05, 3.63) is 35.9 Å². The first-order valence-corrected chi connectivity index (χ1v) is 11.6. The Morgan fingerprint density at radius 3 is 1.86 bits per heavy atom. The van der Waals surface area contributed by atoms with Crippen molar-refractivity contribution in [2.75, 3.05) is 0 Å². The zero-order chi connectivity index (χ0) is 20.3. The molecule has 1 N–H and O–H groups in total. The van der Waals surface area contributed by atoms with Gasteiger partial charge in [-0.1, -0.05) is 120 Å². The van der Waals surface area contributed by atoms with Gasteiger partial charge in [-0.3, -0.25) is 4.79 Å². The van der Waals surface area contributed by atoms with Crippen molar-refractivity contribution in [2.24, 2.45) is 0 Å². The molecule has 156 valence electrons. The summed E-state index contributed by atoms with van der Waals surface area (Å²) >= 11 is 0. The number of carbonyl (C=O) groups excluding carboxylic acids is 1. The summed E-state index contributed by atoms with van der Waals surface area (Å²) in [5, 5.41) is 2.93. The molecule has 1 amide bonds. The van der Waals surface area contributed by atoms with Gasteiger partial charge in [0.1, 0.15) is 0 Å². The molecule has 1 aromatic rings. The van der Waals surface area contributed by atoms with Crippen molar-refractivity contribution < 1.29 is 4.79 Å². The second kappa shape index (κ2) is 17.4. The summed E-state index contributed by atoms with van der Waals surface area (Å²) in [6.07, 6.45) is 18.4. The van der Waals surface area contributed by atoms with Crippen LogP contribution < -0.4 is 5.32 Å². The third kappa shape index (κ3) is 13.4. The molecule has 0 bridgehead atoms. The zero-order valence-corrected chi connectivity index (χ0v) is 18.3. The number of rotatable bonds is 15. The SMILES string of the molecule is CCCCCCCCCCCCCCCC#CC(=O)NC(C)c1ccccc1. The second-order valence-corrected chi connectivity index (χ2v) is 7.90. The standard InChI is InChI=1S/C26H41NO/c1-3-4-5-6-7-8-9-10-11-12-13-14-15-16-20-23-26(28)27-24(2)25-21-18-17-19-22-25/h17-19,21-22,24H,3-16H2,1-2H3,(H,27,28). The fourth-order valence-corrected chi connectivity index (χ4v) is 3.43. The Labute approximate surface area is 173 Å². The van der Waals surface area contributed by atoms with Crippen LogP contribution in [0.2, 0.25) is 0 Å². The van der Waals surface area contributed by atoms with Crippen molar-refractivity contribution >= 4 is 5.91 Å². The second-order valence-electron chi connectivity index (χ2n) is 7.90. The molecule has 0 heterocycles. The Bertz CT molecular complexity index is 555. The molecule has 0 saturated carbocycles. The smallest absolute Gasteiger partial charge is 0.296 e. The minimum absolute atomic E-state index is 0.000611. The normalized spacial score (nSPS) is 11.5. The fourth-order valence-electron chi connectivity index (χ4n) is 3.43. The molecule has 1 aromatic carbocycles. The summed E-state index contributed by atoms with van der Waals surface area (Å²) in [5.41, 5.74) is 1.11. The number of benzene rings is 1. The van der Waals surface area contributed by atoms with E-state index in [0.29, 0.717) is 0 Å². The molecule has 1 atom stereocenters. The van der Waals surface area contributed by atoms with E-state index in [1.807, 2.05) is 37.3 Å². The minimum atomic E-state index is -0.175. The summed E-state index contributed by atoms with van der Waals surface area (Å²) in [5.74, 6) is 5.57. The molecule has 0 saturated heterocycles. The number of amides is 1. The predicted octanol–water partition coefficient (Wildman–Crippen LogP) is 7.35. The molecule has 1 rings (SSSR count). The van der Waals surface area contributed by atoms with Crippen LogP contribution in [-0.4, -0.2) is 5.91 Å². The molecule has 0 aliphatic rings. The maximum atomic E-state index is 11.9. The molecule has 0 spiro atoms. The lowest BCUT2D eigenvalue weighted by Crippen LogP contribution is -2.24. The van der Waals surface area contributed by atoms with Gasteiger partial charge in [0, 0.05) is 6.42 Å². The van der Waals surface area contributed by atoms with Gasteiger partial charge in [0.25, 0.3) is 5.91 Å². The lowest BCUT2D eigenvalue weighted by atomic mass is 10.0. The van der Waals surface area contributed by atoms with Gasteiger partial charge >= 0.3 is 0 Å². The molecular formula is C26H41NO. The number of hydrogen-bond acceptors (Lipinski definition) is 1. The van der Waals surface area contributed by atoms with Crippen LogP contribution in [0.3, 0.4) is 0 Å². The average Bonchev–Trinajstić information content (AvgIpc) is 2.71. The lowest BCUT2D eigenvalue weighted by molar-refractivity contribution is -0.116. The quantitative estimate of drug-likeness (QED) is 0.249. The van der Waals surface area contributed by atoms with Crippen molar-refractivity contribution in [1.82, 2.24) is 5.32 Å². The van der Waals surface area contributed by atoms with Crippen LogP contribution in [0.1, 0.15) is 115 Å². The van der Waals surface area contributed by atoms with E-state index < -0.39 is 0 Å². The Hall–Kier alpha value is -1.75. The van der Waals surface area contributed by atoms with Crippen LogP contribution >= 0.6 is 0 Å². The Morgan fingerprint density at radius 2 is 1.32 bits per heavy atom. The molecule has 2 heteroatoms. The Balaban J connectivity index is 1.91. The van der Waals surface area contributed by atoms with E-state index in [1.165, 1.54) is 77.0 Å². The predicted molar refractivity (Wildman–Crippen MR) is 121 cm³/mol. The van der Waals surface area contributed by atoms with Crippen LogP contribution in [0.5, 0.6) is 0 Å². The highest BCUT2D eigenvalue weighted by Crippen LogP contribution is 2.13. The van der Waals surface area contributed by atoms with Crippen LogP contribution in [0.4, 0.5) is 0 Å². The monoisotopic (exact) mass is 383 g/mol.